The molecule has 1 aliphatic rings. The second kappa shape index (κ2) is 10.8. The van der Waals surface area contributed by atoms with Crippen molar-refractivity contribution in [1.29, 1.82) is 0 Å². The summed E-state index contributed by atoms with van der Waals surface area (Å²) in [6.07, 6.45) is 10.3. The molecule has 1 fully saturated rings. The first-order valence-corrected chi connectivity index (χ1v) is 11.2. The molecule has 0 bridgehead atoms. The quantitative estimate of drug-likeness (QED) is 0.230. The van der Waals surface area contributed by atoms with Gasteiger partial charge in [0.1, 0.15) is 0 Å². The van der Waals surface area contributed by atoms with Crippen molar-refractivity contribution in [1.82, 2.24) is 0 Å². The highest BCUT2D eigenvalue weighted by Crippen LogP contribution is 2.40. The maximum Gasteiger partial charge on any atom is 0.201 e. The lowest BCUT2D eigenvalue weighted by Crippen LogP contribution is -2.14. The zero-order chi connectivity index (χ0) is 22.4. The molecule has 0 unspecified atom stereocenters. The van der Waals surface area contributed by atoms with Gasteiger partial charge in [0.05, 0.1) is 6.61 Å². The zero-order valence-electron chi connectivity index (χ0n) is 18.2. The van der Waals surface area contributed by atoms with Gasteiger partial charge in [0.2, 0.25) is 5.82 Å². The summed E-state index contributed by atoms with van der Waals surface area (Å²) in [6, 6.07) is 5.37. The van der Waals surface area contributed by atoms with Crippen molar-refractivity contribution in [3.05, 3.63) is 65.2 Å². The highest BCUT2D eigenvalue weighted by molar-refractivity contribution is 5.66. The lowest BCUT2D eigenvalue weighted by atomic mass is 9.78. The van der Waals surface area contributed by atoms with Crippen LogP contribution in [0.4, 0.5) is 17.6 Å². The van der Waals surface area contributed by atoms with Crippen LogP contribution < -0.4 is 4.74 Å². The molecule has 0 radical (unpaired) electrons. The minimum absolute atomic E-state index is 0.0641. The van der Waals surface area contributed by atoms with Gasteiger partial charge in [0.25, 0.3) is 0 Å². The van der Waals surface area contributed by atoms with E-state index in [9.17, 15) is 17.6 Å². The fourth-order valence-corrected chi connectivity index (χ4v) is 4.22. The Morgan fingerprint density at radius 3 is 2.13 bits per heavy atom. The van der Waals surface area contributed by atoms with Gasteiger partial charge in [0, 0.05) is 11.1 Å². The van der Waals surface area contributed by atoms with E-state index in [1.807, 2.05) is 6.92 Å². The van der Waals surface area contributed by atoms with Crippen LogP contribution >= 0.6 is 0 Å². The summed E-state index contributed by atoms with van der Waals surface area (Å²) >= 11 is 0. The average molecular weight is 435 g/mol. The van der Waals surface area contributed by atoms with Gasteiger partial charge < -0.3 is 4.74 Å². The van der Waals surface area contributed by atoms with Crippen molar-refractivity contribution in [2.75, 3.05) is 6.61 Å². The Labute approximate surface area is 182 Å². The molecule has 0 spiro atoms. The van der Waals surface area contributed by atoms with E-state index in [4.69, 9.17) is 4.74 Å². The van der Waals surface area contributed by atoms with Crippen LogP contribution in [0.15, 0.2) is 36.4 Å². The highest BCUT2D eigenvalue weighted by Gasteiger charge is 2.27. The second-order valence-electron chi connectivity index (χ2n) is 8.22. The van der Waals surface area contributed by atoms with Crippen LogP contribution in [0.1, 0.15) is 70.3 Å². The summed E-state index contributed by atoms with van der Waals surface area (Å²) in [6.45, 7) is 4.31. The van der Waals surface area contributed by atoms with Crippen molar-refractivity contribution in [2.45, 2.75) is 64.7 Å². The SMILES string of the molecule is CCC=CC1CCC(c2ccc(-c3ccc(OCCCC)c(F)c3F)c(F)c2F)CC1. The fourth-order valence-electron chi connectivity index (χ4n) is 4.22. The maximum absolute atomic E-state index is 14.9. The minimum atomic E-state index is -1.23. The van der Waals surface area contributed by atoms with E-state index in [-0.39, 0.29) is 29.4 Å². The number of hydrogen-bond acceptors (Lipinski definition) is 1. The maximum atomic E-state index is 14.9. The topological polar surface area (TPSA) is 9.23 Å². The zero-order valence-corrected chi connectivity index (χ0v) is 18.2. The summed E-state index contributed by atoms with van der Waals surface area (Å²) < 4.78 is 64.1. The first-order valence-electron chi connectivity index (χ1n) is 11.2. The van der Waals surface area contributed by atoms with Gasteiger partial charge in [-0.2, -0.15) is 4.39 Å². The van der Waals surface area contributed by atoms with Gasteiger partial charge in [-0.3, -0.25) is 0 Å². The first kappa shape index (κ1) is 23.4. The van der Waals surface area contributed by atoms with Gasteiger partial charge in [-0.15, -0.1) is 0 Å². The molecule has 0 saturated heterocycles. The molecule has 168 valence electrons. The number of hydrogen-bond donors (Lipinski definition) is 0. The first-order chi connectivity index (χ1) is 15.0. The van der Waals surface area contributed by atoms with Gasteiger partial charge in [-0.1, -0.05) is 44.6 Å². The van der Waals surface area contributed by atoms with Crippen LogP contribution in [-0.4, -0.2) is 6.61 Å². The number of ether oxygens (including phenoxy) is 1. The Morgan fingerprint density at radius 2 is 1.48 bits per heavy atom. The predicted molar refractivity (Wildman–Crippen MR) is 116 cm³/mol. The minimum Gasteiger partial charge on any atom is -0.490 e. The summed E-state index contributed by atoms with van der Waals surface area (Å²) in [7, 11) is 0. The normalized spacial score (nSPS) is 19.2. The van der Waals surface area contributed by atoms with E-state index in [1.165, 1.54) is 24.3 Å². The molecule has 5 heteroatoms. The Balaban J connectivity index is 1.81. The molecule has 3 rings (SSSR count). The van der Waals surface area contributed by atoms with E-state index in [1.54, 1.807) is 0 Å². The predicted octanol–water partition coefficient (Wildman–Crippen LogP) is 8.33. The largest absolute Gasteiger partial charge is 0.490 e. The van der Waals surface area contributed by atoms with Crippen molar-refractivity contribution in [3.63, 3.8) is 0 Å². The number of halogens is 4. The third-order valence-electron chi connectivity index (χ3n) is 6.06. The lowest BCUT2D eigenvalue weighted by molar-refractivity contribution is 0.289. The molecule has 1 saturated carbocycles. The van der Waals surface area contributed by atoms with Crippen molar-refractivity contribution < 1.29 is 22.3 Å². The number of allylic oxidation sites excluding steroid dienone is 2. The molecule has 1 aliphatic carbocycles. The fraction of sp³-hybridized carbons (Fsp3) is 0.462. The molecular formula is C26H30F4O. The van der Waals surface area contributed by atoms with E-state index in [2.05, 4.69) is 19.1 Å². The molecule has 0 N–H and O–H groups in total. The van der Waals surface area contributed by atoms with Gasteiger partial charge in [-0.25, -0.2) is 13.2 Å². The Hall–Kier alpha value is -2.30. The lowest BCUT2D eigenvalue weighted by Gasteiger charge is -2.27. The molecule has 0 heterocycles. The molecule has 1 nitrogen and oxygen atoms in total. The van der Waals surface area contributed by atoms with Crippen molar-refractivity contribution in [2.24, 2.45) is 5.92 Å². The van der Waals surface area contributed by atoms with Crippen LogP contribution in [-0.2, 0) is 0 Å². The van der Waals surface area contributed by atoms with Crippen LogP contribution in [0.2, 0.25) is 0 Å². The van der Waals surface area contributed by atoms with E-state index in [0.717, 1.165) is 38.5 Å². The van der Waals surface area contributed by atoms with Crippen LogP contribution in [0.5, 0.6) is 5.75 Å². The van der Waals surface area contributed by atoms with Gasteiger partial charge in [0.15, 0.2) is 23.2 Å². The molecule has 31 heavy (non-hydrogen) atoms. The van der Waals surface area contributed by atoms with Crippen LogP contribution in [0, 0.1) is 29.2 Å². The third kappa shape index (κ3) is 5.31. The van der Waals surface area contributed by atoms with E-state index in [0.29, 0.717) is 17.9 Å². The Bertz CT molecular complexity index is 914. The molecular weight excluding hydrogens is 404 g/mol. The molecule has 0 aromatic heterocycles. The standard InChI is InChI=1S/C26H30F4O/c1-3-5-7-17-8-10-18(11-9-17)19-12-13-20(24(28)23(19)27)21-14-15-22(26(30)25(21)29)31-16-6-4-2/h5,7,12-15,17-18H,3-4,6,8-11,16H2,1-2H3. The number of unbranched alkanes of at least 4 members (excludes halogenated alkanes) is 1. The van der Waals surface area contributed by atoms with Gasteiger partial charge in [-0.05, 0) is 68.1 Å². The van der Waals surface area contributed by atoms with Gasteiger partial charge >= 0.3 is 0 Å². The second-order valence-corrected chi connectivity index (χ2v) is 8.22. The van der Waals surface area contributed by atoms with E-state index >= 15 is 0 Å². The monoisotopic (exact) mass is 434 g/mol. The number of benzene rings is 2. The molecule has 0 aliphatic heterocycles. The summed E-state index contributed by atoms with van der Waals surface area (Å²) in [5, 5.41) is 0. The van der Waals surface area contributed by atoms with Crippen LogP contribution in [0.3, 0.4) is 0 Å². The third-order valence-corrected chi connectivity index (χ3v) is 6.06. The highest BCUT2D eigenvalue weighted by atomic mass is 19.2. The molecule has 2 aromatic carbocycles. The number of rotatable bonds is 8. The Morgan fingerprint density at radius 1 is 0.839 bits per heavy atom. The molecule has 0 atom stereocenters. The molecule has 0 amide bonds. The molecule has 2 aromatic rings. The average Bonchev–Trinajstić information content (AvgIpc) is 2.78. The van der Waals surface area contributed by atoms with E-state index < -0.39 is 23.3 Å². The Kier molecular flexibility index (Phi) is 8.16. The van der Waals surface area contributed by atoms with Crippen molar-refractivity contribution in [3.8, 4) is 16.9 Å². The summed E-state index contributed by atoms with van der Waals surface area (Å²) in [5.41, 5.74) is -0.270. The van der Waals surface area contributed by atoms with Crippen LogP contribution in [0.25, 0.3) is 11.1 Å². The smallest absolute Gasteiger partial charge is 0.201 e. The van der Waals surface area contributed by atoms with Crippen molar-refractivity contribution >= 4 is 0 Å². The summed E-state index contributed by atoms with van der Waals surface area (Å²) in [4.78, 5) is 0. The summed E-state index contributed by atoms with van der Waals surface area (Å²) in [5.74, 6) is -4.32.